The molecule has 5 rings (SSSR count). The number of sulfonamides is 1. The highest BCUT2D eigenvalue weighted by atomic mass is 32.2. The van der Waals surface area contributed by atoms with E-state index in [0.717, 1.165) is 11.8 Å². The van der Waals surface area contributed by atoms with E-state index in [-0.39, 0.29) is 30.4 Å². The molecule has 0 aliphatic carbocycles. The molecule has 0 saturated heterocycles. The predicted octanol–water partition coefficient (Wildman–Crippen LogP) is 6.11. The van der Waals surface area contributed by atoms with Crippen LogP contribution in [-0.4, -0.2) is 40.8 Å². The number of amides is 1. The number of hydrogen-bond donors (Lipinski definition) is 1. The average Bonchev–Trinajstić information content (AvgIpc) is 3.33. The Kier molecular flexibility index (Phi) is 7.57. The molecule has 7 nitrogen and oxygen atoms in total. The topological polar surface area (TPSA) is 88.8 Å². The summed E-state index contributed by atoms with van der Waals surface area (Å²) in [5.74, 6) is 0.0706. The minimum absolute atomic E-state index is 0.0346. The summed E-state index contributed by atoms with van der Waals surface area (Å²) in [7, 11) is -2.25. The van der Waals surface area contributed by atoms with E-state index in [4.69, 9.17) is 9.15 Å². The lowest BCUT2D eigenvalue weighted by Gasteiger charge is -2.25. The molecule has 40 heavy (non-hydrogen) atoms. The molecule has 0 spiro atoms. The maximum atomic E-state index is 13.7. The quantitative estimate of drug-likeness (QED) is 0.236. The van der Waals surface area contributed by atoms with E-state index in [9.17, 15) is 17.6 Å². The number of anilines is 1. The molecule has 0 aliphatic heterocycles. The molecular weight excluding hydrogens is 531 g/mol. The van der Waals surface area contributed by atoms with Crippen LogP contribution in [0, 0.1) is 5.82 Å². The fourth-order valence-electron chi connectivity index (χ4n) is 4.57. The van der Waals surface area contributed by atoms with Crippen LogP contribution in [0.5, 0.6) is 5.75 Å². The zero-order valence-corrected chi connectivity index (χ0v) is 22.7. The Bertz CT molecular complexity index is 1750. The summed E-state index contributed by atoms with van der Waals surface area (Å²) < 4.78 is 53.1. The summed E-state index contributed by atoms with van der Waals surface area (Å²) in [6, 6.07) is 27.5. The average molecular weight is 559 g/mol. The molecule has 1 aromatic heterocycles. The van der Waals surface area contributed by atoms with Gasteiger partial charge in [-0.2, -0.15) is 0 Å². The standard InChI is InChI=1S/C31H27FN2O5S/c1-33-31(35)29-26-19-25(21-9-5-3-6-10-21)27(20-28(26)39-30(29)22-13-15-23(32)16-14-22)34(40(2,36)37)17-18-38-24-11-7-4-8-12-24/h3-16,19-20H,17-18H2,1-2H3,(H,33,35). The van der Waals surface area contributed by atoms with Crippen molar-refractivity contribution in [1.29, 1.82) is 0 Å². The largest absolute Gasteiger partial charge is 0.492 e. The highest BCUT2D eigenvalue weighted by molar-refractivity contribution is 7.92. The van der Waals surface area contributed by atoms with Crippen molar-refractivity contribution in [2.75, 3.05) is 30.8 Å². The van der Waals surface area contributed by atoms with Crippen molar-refractivity contribution in [1.82, 2.24) is 5.32 Å². The van der Waals surface area contributed by atoms with Gasteiger partial charge in [0.2, 0.25) is 10.0 Å². The number of nitrogens with one attached hydrogen (secondary N) is 1. The number of hydrogen-bond acceptors (Lipinski definition) is 5. The van der Waals surface area contributed by atoms with E-state index >= 15 is 0 Å². The summed E-state index contributed by atoms with van der Waals surface area (Å²) in [6.07, 6.45) is 1.14. The van der Waals surface area contributed by atoms with Crippen LogP contribution in [0.3, 0.4) is 0 Å². The van der Waals surface area contributed by atoms with Gasteiger partial charge in [-0.15, -0.1) is 0 Å². The predicted molar refractivity (Wildman–Crippen MR) is 155 cm³/mol. The Balaban J connectivity index is 1.69. The van der Waals surface area contributed by atoms with E-state index in [1.54, 1.807) is 24.3 Å². The molecule has 0 atom stereocenters. The van der Waals surface area contributed by atoms with Gasteiger partial charge in [-0.05, 0) is 48.0 Å². The zero-order chi connectivity index (χ0) is 28.3. The number of benzene rings is 4. The smallest absolute Gasteiger partial charge is 0.255 e. The van der Waals surface area contributed by atoms with Crippen LogP contribution in [0.4, 0.5) is 10.1 Å². The highest BCUT2D eigenvalue weighted by Crippen LogP contribution is 2.41. The Morgan fingerprint density at radius 1 is 0.925 bits per heavy atom. The van der Waals surface area contributed by atoms with Crippen LogP contribution in [-0.2, 0) is 10.0 Å². The van der Waals surface area contributed by atoms with Gasteiger partial charge in [-0.1, -0.05) is 48.5 Å². The summed E-state index contributed by atoms with van der Waals surface area (Å²) in [5, 5.41) is 3.15. The first kappa shape index (κ1) is 27.0. The lowest BCUT2D eigenvalue weighted by atomic mass is 9.98. The van der Waals surface area contributed by atoms with E-state index in [1.165, 1.54) is 35.6 Å². The zero-order valence-electron chi connectivity index (χ0n) is 21.9. The first-order chi connectivity index (χ1) is 19.3. The number of ether oxygens (including phenoxy) is 1. The van der Waals surface area contributed by atoms with Crippen LogP contribution in [0.25, 0.3) is 33.4 Å². The monoisotopic (exact) mass is 558 g/mol. The van der Waals surface area contributed by atoms with Gasteiger partial charge in [-0.3, -0.25) is 9.10 Å². The number of halogens is 1. The minimum Gasteiger partial charge on any atom is -0.492 e. The number of furan rings is 1. The van der Waals surface area contributed by atoms with Gasteiger partial charge in [0.25, 0.3) is 5.91 Å². The molecule has 0 fully saturated rings. The highest BCUT2D eigenvalue weighted by Gasteiger charge is 2.27. The Morgan fingerprint density at radius 3 is 2.20 bits per heavy atom. The Labute approximate surface area is 231 Å². The van der Waals surface area contributed by atoms with Crippen LogP contribution in [0.2, 0.25) is 0 Å². The first-order valence-corrected chi connectivity index (χ1v) is 14.4. The maximum Gasteiger partial charge on any atom is 0.255 e. The number of nitrogens with zero attached hydrogens (tertiary/aromatic N) is 1. The Hall–Kier alpha value is -4.63. The molecule has 4 aromatic carbocycles. The molecule has 1 heterocycles. The van der Waals surface area contributed by atoms with Gasteiger partial charge in [0.15, 0.2) is 0 Å². The van der Waals surface area contributed by atoms with Crippen molar-refractivity contribution in [3.05, 3.63) is 108 Å². The molecule has 1 amide bonds. The molecule has 0 unspecified atom stereocenters. The van der Waals surface area contributed by atoms with Gasteiger partial charge in [0.05, 0.1) is 24.1 Å². The Morgan fingerprint density at radius 2 is 1.57 bits per heavy atom. The second-order valence-corrected chi connectivity index (χ2v) is 11.0. The van der Waals surface area contributed by atoms with Crippen LogP contribution < -0.4 is 14.4 Å². The van der Waals surface area contributed by atoms with Gasteiger partial charge in [0, 0.05) is 29.6 Å². The third-order valence-corrected chi connectivity index (χ3v) is 7.61. The van der Waals surface area contributed by atoms with Crippen molar-refractivity contribution >= 4 is 32.6 Å². The summed E-state index contributed by atoms with van der Waals surface area (Å²) >= 11 is 0. The normalized spacial score (nSPS) is 11.4. The molecule has 1 N–H and O–H groups in total. The van der Waals surface area contributed by atoms with Gasteiger partial charge in [0.1, 0.15) is 29.5 Å². The SMILES string of the molecule is CNC(=O)c1c(-c2ccc(F)cc2)oc2cc(N(CCOc3ccccc3)S(C)(=O)=O)c(-c3ccccc3)cc12. The molecule has 0 saturated carbocycles. The number of carbonyl (C=O) groups excluding carboxylic acids is 1. The maximum absolute atomic E-state index is 13.7. The van der Waals surface area contributed by atoms with E-state index in [0.29, 0.717) is 33.5 Å². The van der Waals surface area contributed by atoms with Crippen LogP contribution in [0.15, 0.2) is 101 Å². The van der Waals surface area contributed by atoms with Crippen LogP contribution in [0.1, 0.15) is 10.4 Å². The van der Waals surface area contributed by atoms with Crippen molar-refractivity contribution in [2.45, 2.75) is 0 Å². The molecule has 0 radical (unpaired) electrons. The van der Waals surface area contributed by atoms with Crippen molar-refractivity contribution in [3.8, 4) is 28.2 Å². The van der Waals surface area contributed by atoms with Crippen molar-refractivity contribution < 1.29 is 26.8 Å². The van der Waals surface area contributed by atoms with E-state index in [1.807, 2.05) is 48.5 Å². The lowest BCUT2D eigenvalue weighted by Crippen LogP contribution is -2.34. The fraction of sp³-hybridized carbons (Fsp3) is 0.129. The van der Waals surface area contributed by atoms with E-state index < -0.39 is 15.8 Å². The van der Waals surface area contributed by atoms with Crippen molar-refractivity contribution in [3.63, 3.8) is 0 Å². The fourth-order valence-corrected chi connectivity index (χ4v) is 5.48. The summed E-state index contributed by atoms with van der Waals surface area (Å²) in [5.41, 5.74) is 2.81. The minimum atomic E-state index is -3.76. The number of para-hydroxylation sites is 1. The number of rotatable bonds is 9. The molecule has 9 heteroatoms. The molecule has 204 valence electrons. The number of fused-ring (bicyclic) bond motifs is 1. The van der Waals surface area contributed by atoms with E-state index in [2.05, 4.69) is 5.32 Å². The number of carbonyl (C=O) groups is 1. The molecule has 5 aromatic rings. The van der Waals surface area contributed by atoms with Crippen molar-refractivity contribution in [2.24, 2.45) is 0 Å². The summed E-state index contributed by atoms with van der Waals surface area (Å²) in [4.78, 5) is 13.1. The third kappa shape index (κ3) is 5.55. The second kappa shape index (κ2) is 11.2. The van der Waals surface area contributed by atoms with Gasteiger partial charge < -0.3 is 14.5 Å². The molecule has 0 aliphatic rings. The summed E-state index contributed by atoms with van der Waals surface area (Å²) in [6.45, 7) is 0.138. The van der Waals surface area contributed by atoms with Gasteiger partial charge in [-0.25, -0.2) is 12.8 Å². The van der Waals surface area contributed by atoms with Gasteiger partial charge >= 0.3 is 0 Å². The van der Waals surface area contributed by atoms with Crippen LogP contribution >= 0.6 is 0 Å². The first-order valence-electron chi connectivity index (χ1n) is 12.6. The second-order valence-electron chi connectivity index (χ2n) is 9.12. The third-order valence-electron chi connectivity index (χ3n) is 6.43. The lowest BCUT2D eigenvalue weighted by molar-refractivity contribution is 0.0964. The molecule has 0 bridgehead atoms. The molecular formula is C31H27FN2O5S.